The number of aliphatic hydroxyl groups is 1. The van der Waals surface area contributed by atoms with Crippen molar-refractivity contribution in [3.63, 3.8) is 0 Å². The Labute approximate surface area is 143 Å². The summed E-state index contributed by atoms with van der Waals surface area (Å²) >= 11 is 0. The molecule has 2 aromatic heterocycles. The highest BCUT2D eigenvalue weighted by Gasteiger charge is 2.35. The van der Waals surface area contributed by atoms with Crippen LogP contribution in [-0.4, -0.2) is 33.1 Å². The second kappa shape index (κ2) is 6.85. The van der Waals surface area contributed by atoms with Crippen LogP contribution in [-0.2, 0) is 12.0 Å². The van der Waals surface area contributed by atoms with E-state index in [9.17, 15) is 5.11 Å². The van der Waals surface area contributed by atoms with Gasteiger partial charge in [-0.15, -0.1) is 0 Å². The summed E-state index contributed by atoms with van der Waals surface area (Å²) < 4.78 is 0. The number of pyridine rings is 1. The Balaban J connectivity index is 1.74. The second-order valence-electron chi connectivity index (χ2n) is 6.77. The first-order valence-corrected chi connectivity index (χ1v) is 8.75. The largest absolute Gasteiger partial charge is 0.383 e. The van der Waals surface area contributed by atoms with Gasteiger partial charge < -0.3 is 10.0 Å². The molecule has 1 N–H and O–H groups in total. The van der Waals surface area contributed by atoms with E-state index in [-0.39, 0.29) is 0 Å². The van der Waals surface area contributed by atoms with E-state index in [1.54, 1.807) is 0 Å². The van der Waals surface area contributed by atoms with Crippen LogP contribution in [0.3, 0.4) is 0 Å². The van der Waals surface area contributed by atoms with Crippen LogP contribution in [0.2, 0.25) is 0 Å². The number of hydrogen-bond acceptors (Lipinski definition) is 5. The van der Waals surface area contributed by atoms with Gasteiger partial charge in [-0.3, -0.25) is 4.98 Å². The van der Waals surface area contributed by atoms with Gasteiger partial charge in [0.1, 0.15) is 17.2 Å². The third-order valence-electron chi connectivity index (χ3n) is 4.66. The molecule has 0 amide bonds. The lowest BCUT2D eigenvalue weighted by molar-refractivity contribution is 0.00747. The molecule has 1 saturated heterocycles. The zero-order valence-electron chi connectivity index (χ0n) is 14.8. The Morgan fingerprint density at radius 3 is 2.54 bits per heavy atom. The molecule has 2 aromatic rings. The van der Waals surface area contributed by atoms with Crippen molar-refractivity contribution in [3.8, 4) is 0 Å². The van der Waals surface area contributed by atoms with E-state index in [1.165, 1.54) is 0 Å². The number of piperidine rings is 1. The molecule has 0 saturated carbocycles. The maximum atomic E-state index is 11.0. The van der Waals surface area contributed by atoms with Crippen LogP contribution in [0, 0.1) is 13.8 Å². The molecule has 128 valence electrons. The summed E-state index contributed by atoms with van der Waals surface area (Å²) in [6.07, 6.45) is 5.09. The Kier molecular flexibility index (Phi) is 4.81. The third kappa shape index (κ3) is 3.56. The maximum absolute atomic E-state index is 11.0. The Morgan fingerprint density at radius 2 is 1.92 bits per heavy atom. The molecule has 3 rings (SSSR count). The van der Waals surface area contributed by atoms with Crippen molar-refractivity contribution in [1.82, 2.24) is 15.0 Å². The fraction of sp³-hybridized carbons (Fsp3) is 0.526. The first-order valence-electron chi connectivity index (χ1n) is 8.75. The molecule has 0 spiro atoms. The van der Waals surface area contributed by atoms with Gasteiger partial charge in [0.25, 0.3) is 0 Å². The van der Waals surface area contributed by atoms with E-state index in [4.69, 9.17) is 4.98 Å². The molecule has 0 bridgehead atoms. The molecule has 1 aliphatic rings. The summed E-state index contributed by atoms with van der Waals surface area (Å²) in [6.45, 7) is 7.71. The minimum Gasteiger partial charge on any atom is -0.383 e. The second-order valence-corrected chi connectivity index (χ2v) is 6.77. The van der Waals surface area contributed by atoms with Gasteiger partial charge in [0.05, 0.1) is 5.69 Å². The number of aromatic nitrogens is 3. The molecule has 0 aliphatic carbocycles. The number of anilines is 1. The molecular weight excluding hydrogens is 300 g/mol. The van der Waals surface area contributed by atoms with E-state index in [0.29, 0.717) is 12.8 Å². The molecule has 3 heterocycles. The number of aryl methyl sites for hydroxylation is 3. The topological polar surface area (TPSA) is 62.1 Å². The van der Waals surface area contributed by atoms with Gasteiger partial charge in [-0.25, -0.2) is 9.97 Å². The average molecular weight is 326 g/mol. The lowest BCUT2D eigenvalue weighted by atomic mass is 9.87. The normalized spacial score (nSPS) is 17.1. The Bertz CT molecular complexity index is 691. The SMILES string of the molecule is CCCc1nc(C)cc(N2CCC(O)(c3ccc(C)cn3)CC2)n1. The zero-order chi connectivity index (χ0) is 17.2. The highest BCUT2D eigenvalue weighted by atomic mass is 16.3. The summed E-state index contributed by atoms with van der Waals surface area (Å²) in [5.41, 5.74) is 2.06. The van der Waals surface area contributed by atoms with Gasteiger partial charge in [0.15, 0.2) is 0 Å². The predicted octanol–water partition coefficient (Wildman–Crippen LogP) is 2.93. The first kappa shape index (κ1) is 16.8. The summed E-state index contributed by atoms with van der Waals surface area (Å²) in [6, 6.07) is 5.99. The lowest BCUT2D eigenvalue weighted by Gasteiger charge is -2.38. The molecule has 1 fully saturated rings. The molecule has 0 aromatic carbocycles. The number of nitrogens with zero attached hydrogens (tertiary/aromatic N) is 4. The maximum Gasteiger partial charge on any atom is 0.132 e. The van der Waals surface area contributed by atoms with Gasteiger partial charge in [-0.1, -0.05) is 13.0 Å². The molecule has 0 radical (unpaired) electrons. The molecule has 5 heteroatoms. The highest BCUT2D eigenvalue weighted by Crippen LogP contribution is 2.33. The van der Waals surface area contributed by atoms with E-state index in [1.807, 2.05) is 38.2 Å². The minimum atomic E-state index is -0.835. The van der Waals surface area contributed by atoms with Gasteiger partial charge in [0, 0.05) is 37.5 Å². The van der Waals surface area contributed by atoms with Gasteiger partial charge in [-0.05, 0) is 44.7 Å². The monoisotopic (exact) mass is 326 g/mol. The molecule has 1 aliphatic heterocycles. The van der Waals surface area contributed by atoms with E-state index < -0.39 is 5.60 Å². The molecular formula is C19H26N4O. The molecule has 5 nitrogen and oxygen atoms in total. The van der Waals surface area contributed by atoms with Crippen LogP contribution in [0.1, 0.15) is 49.0 Å². The van der Waals surface area contributed by atoms with Gasteiger partial charge in [0.2, 0.25) is 0 Å². The molecule has 0 atom stereocenters. The van der Waals surface area contributed by atoms with Crippen LogP contribution < -0.4 is 4.90 Å². The van der Waals surface area contributed by atoms with E-state index in [0.717, 1.165) is 54.5 Å². The van der Waals surface area contributed by atoms with Crippen molar-refractivity contribution >= 4 is 5.82 Å². The van der Waals surface area contributed by atoms with Crippen molar-refractivity contribution in [2.24, 2.45) is 0 Å². The average Bonchev–Trinajstić information content (AvgIpc) is 2.56. The Hall–Kier alpha value is -2.01. The summed E-state index contributed by atoms with van der Waals surface area (Å²) in [5, 5.41) is 11.0. The van der Waals surface area contributed by atoms with E-state index >= 15 is 0 Å². The highest BCUT2D eigenvalue weighted by molar-refractivity contribution is 5.41. The third-order valence-corrected chi connectivity index (χ3v) is 4.66. The van der Waals surface area contributed by atoms with Crippen molar-refractivity contribution in [2.75, 3.05) is 18.0 Å². The van der Waals surface area contributed by atoms with Crippen LogP contribution in [0.5, 0.6) is 0 Å². The quantitative estimate of drug-likeness (QED) is 0.936. The zero-order valence-corrected chi connectivity index (χ0v) is 14.8. The van der Waals surface area contributed by atoms with Crippen molar-refractivity contribution in [2.45, 2.75) is 52.1 Å². The van der Waals surface area contributed by atoms with Gasteiger partial charge in [-0.2, -0.15) is 0 Å². The summed E-state index contributed by atoms with van der Waals surface area (Å²) in [4.78, 5) is 15.9. The predicted molar refractivity (Wildman–Crippen MR) is 95.1 cm³/mol. The van der Waals surface area contributed by atoms with Crippen LogP contribution >= 0.6 is 0 Å². The van der Waals surface area contributed by atoms with Crippen molar-refractivity contribution in [3.05, 3.63) is 47.2 Å². The minimum absolute atomic E-state index is 0.662. The van der Waals surface area contributed by atoms with Gasteiger partial charge >= 0.3 is 0 Å². The van der Waals surface area contributed by atoms with Crippen molar-refractivity contribution < 1.29 is 5.11 Å². The lowest BCUT2D eigenvalue weighted by Crippen LogP contribution is -2.43. The fourth-order valence-electron chi connectivity index (χ4n) is 3.21. The van der Waals surface area contributed by atoms with E-state index in [2.05, 4.69) is 21.8 Å². The van der Waals surface area contributed by atoms with Crippen molar-refractivity contribution in [1.29, 1.82) is 0 Å². The smallest absolute Gasteiger partial charge is 0.132 e. The van der Waals surface area contributed by atoms with Crippen LogP contribution in [0.4, 0.5) is 5.82 Å². The number of rotatable bonds is 4. The fourth-order valence-corrected chi connectivity index (χ4v) is 3.21. The van der Waals surface area contributed by atoms with Crippen LogP contribution in [0.15, 0.2) is 24.4 Å². The van der Waals surface area contributed by atoms with Crippen LogP contribution in [0.25, 0.3) is 0 Å². The summed E-state index contributed by atoms with van der Waals surface area (Å²) in [5.74, 6) is 1.89. The standard InChI is InChI=1S/C19H26N4O/c1-4-5-17-21-15(3)12-18(22-17)23-10-8-19(24,9-11-23)16-7-6-14(2)13-20-16/h6-7,12-13,24H,4-5,8-11H2,1-3H3. The Morgan fingerprint density at radius 1 is 1.17 bits per heavy atom. The number of hydrogen-bond donors (Lipinski definition) is 1. The summed E-state index contributed by atoms with van der Waals surface area (Å²) in [7, 11) is 0. The molecule has 0 unspecified atom stereocenters. The molecule has 24 heavy (non-hydrogen) atoms. The first-order chi connectivity index (χ1) is 11.5.